The second-order valence-electron chi connectivity index (χ2n) is 5.55. The van der Waals surface area contributed by atoms with E-state index in [9.17, 15) is 9.59 Å². The molecule has 2 amide bonds. The quantitative estimate of drug-likeness (QED) is 0.894. The van der Waals surface area contributed by atoms with Gasteiger partial charge in [-0.3, -0.25) is 5.32 Å². The number of nitrogens with zero attached hydrogens (tertiary/aromatic N) is 1. The van der Waals surface area contributed by atoms with Crippen molar-refractivity contribution >= 4 is 28.3 Å². The molecule has 0 saturated carbocycles. The molecule has 1 aromatic rings. The van der Waals surface area contributed by atoms with Gasteiger partial charge in [-0.15, -0.1) is 11.3 Å². The Morgan fingerprint density at radius 1 is 1.42 bits per heavy atom. The van der Waals surface area contributed by atoms with Gasteiger partial charge in [0.2, 0.25) is 0 Å². The van der Waals surface area contributed by atoms with Crippen LogP contribution in [0.1, 0.15) is 38.1 Å². The molecule has 5 nitrogen and oxygen atoms in total. The first kappa shape index (κ1) is 15.5. The largest absolute Gasteiger partial charge is 0.478 e. The van der Waals surface area contributed by atoms with Crippen LogP contribution in [0.25, 0.3) is 0 Å². The molecule has 0 saturated heterocycles. The first-order chi connectivity index (χ1) is 8.64. The number of urea groups is 1. The van der Waals surface area contributed by atoms with Crippen molar-refractivity contribution in [2.45, 2.75) is 33.7 Å². The van der Waals surface area contributed by atoms with E-state index < -0.39 is 5.97 Å². The van der Waals surface area contributed by atoms with Crippen molar-refractivity contribution in [3.8, 4) is 0 Å². The van der Waals surface area contributed by atoms with Gasteiger partial charge >= 0.3 is 12.0 Å². The van der Waals surface area contributed by atoms with Crippen LogP contribution in [0.2, 0.25) is 0 Å². The highest BCUT2D eigenvalue weighted by molar-refractivity contribution is 7.14. The molecule has 0 aliphatic carbocycles. The summed E-state index contributed by atoms with van der Waals surface area (Å²) >= 11 is 1.20. The van der Waals surface area contributed by atoms with Crippen LogP contribution < -0.4 is 5.32 Å². The van der Waals surface area contributed by atoms with Crippen molar-refractivity contribution in [3.63, 3.8) is 0 Å². The van der Waals surface area contributed by atoms with Crippen LogP contribution in [0.3, 0.4) is 0 Å². The second-order valence-corrected chi connectivity index (χ2v) is 6.47. The topological polar surface area (TPSA) is 69.6 Å². The standard InChI is InChI=1S/C13H20N2O3S/c1-8(13(2,3)4)15(5)12(18)14-10-9(11(16)17)6-7-19-10/h6-8H,1-5H3,(H,14,18)(H,16,17). The third-order valence-electron chi connectivity index (χ3n) is 3.27. The molecule has 0 aliphatic heterocycles. The predicted octanol–water partition coefficient (Wildman–Crippen LogP) is 3.34. The number of amides is 2. The number of carboxylic acids is 1. The Morgan fingerprint density at radius 2 is 2.00 bits per heavy atom. The van der Waals surface area contributed by atoms with Crippen LogP contribution in [0, 0.1) is 5.41 Å². The highest BCUT2D eigenvalue weighted by Crippen LogP contribution is 2.26. The van der Waals surface area contributed by atoms with Crippen LogP contribution in [-0.4, -0.2) is 35.1 Å². The molecule has 1 rings (SSSR count). The molecule has 1 heterocycles. The Balaban J connectivity index is 2.80. The minimum atomic E-state index is -1.04. The maximum Gasteiger partial charge on any atom is 0.338 e. The number of carbonyl (C=O) groups is 2. The highest BCUT2D eigenvalue weighted by atomic mass is 32.1. The maximum atomic E-state index is 12.1. The maximum absolute atomic E-state index is 12.1. The minimum absolute atomic E-state index is 0.0285. The van der Waals surface area contributed by atoms with Gasteiger partial charge in [0.25, 0.3) is 0 Å². The van der Waals surface area contributed by atoms with Crippen molar-refractivity contribution < 1.29 is 14.7 Å². The molecule has 2 N–H and O–H groups in total. The molecule has 19 heavy (non-hydrogen) atoms. The van der Waals surface area contributed by atoms with Gasteiger partial charge in [0, 0.05) is 13.1 Å². The van der Waals surface area contributed by atoms with E-state index >= 15 is 0 Å². The van der Waals surface area contributed by atoms with Crippen LogP contribution in [0.4, 0.5) is 9.80 Å². The number of nitrogens with one attached hydrogen (secondary N) is 1. The van der Waals surface area contributed by atoms with Crippen LogP contribution in [-0.2, 0) is 0 Å². The molecular formula is C13H20N2O3S. The number of hydrogen-bond acceptors (Lipinski definition) is 3. The normalized spacial score (nSPS) is 12.9. The molecule has 0 spiro atoms. The summed E-state index contributed by atoms with van der Waals surface area (Å²) in [6.07, 6.45) is 0. The number of anilines is 1. The van der Waals surface area contributed by atoms with Crippen molar-refractivity contribution in [1.82, 2.24) is 4.90 Å². The van der Waals surface area contributed by atoms with Gasteiger partial charge in [0.1, 0.15) is 5.00 Å². The first-order valence-electron chi connectivity index (χ1n) is 5.99. The smallest absolute Gasteiger partial charge is 0.338 e. The molecule has 0 radical (unpaired) electrons. The summed E-state index contributed by atoms with van der Waals surface area (Å²) in [5.74, 6) is -1.04. The summed E-state index contributed by atoms with van der Waals surface area (Å²) in [4.78, 5) is 24.7. The van der Waals surface area contributed by atoms with Gasteiger partial charge in [-0.05, 0) is 23.8 Å². The Labute approximate surface area is 117 Å². The molecular weight excluding hydrogens is 264 g/mol. The molecule has 0 bridgehead atoms. The Hall–Kier alpha value is -1.56. The van der Waals surface area contributed by atoms with Gasteiger partial charge in [0.05, 0.1) is 5.56 Å². The van der Waals surface area contributed by atoms with Crippen molar-refractivity contribution in [2.75, 3.05) is 12.4 Å². The number of hydrogen-bond donors (Lipinski definition) is 2. The van der Waals surface area contributed by atoms with E-state index in [1.54, 1.807) is 17.3 Å². The summed E-state index contributed by atoms with van der Waals surface area (Å²) < 4.78 is 0. The van der Waals surface area contributed by atoms with Gasteiger partial charge in [-0.25, -0.2) is 9.59 Å². The number of rotatable bonds is 3. The van der Waals surface area contributed by atoms with E-state index in [-0.39, 0.29) is 23.1 Å². The number of aromatic carboxylic acids is 1. The molecule has 1 atom stereocenters. The lowest BCUT2D eigenvalue weighted by Gasteiger charge is -2.35. The summed E-state index contributed by atoms with van der Waals surface area (Å²) in [7, 11) is 1.71. The van der Waals surface area contributed by atoms with Crippen molar-refractivity contribution in [3.05, 3.63) is 17.0 Å². The molecule has 0 aliphatic rings. The third-order valence-corrected chi connectivity index (χ3v) is 4.10. The lowest BCUT2D eigenvalue weighted by molar-refractivity contribution is 0.0698. The predicted molar refractivity (Wildman–Crippen MR) is 77.0 cm³/mol. The summed E-state index contributed by atoms with van der Waals surface area (Å²) in [6.45, 7) is 8.12. The zero-order valence-electron chi connectivity index (χ0n) is 11.9. The number of carbonyl (C=O) groups excluding carboxylic acids is 1. The molecule has 1 aromatic heterocycles. The molecule has 106 valence electrons. The van der Waals surface area contributed by atoms with E-state index in [0.29, 0.717) is 5.00 Å². The second kappa shape index (κ2) is 5.61. The fourth-order valence-corrected chi connectivity index (χ4v) is 2.29. The minimum Gasteiger partial charge on any atom is -0.478 e. The summed E-state index contributed by atoms with van der Waals surface area (Å²) in [5, 5.41) is 13.6. The fraction of sp³-hybridized carbons (Fsp3) is 0.538. The first-order valence-corrected chi connectivity index (χ1v) is 6.87. The van der Waals surface area contributed by atoms with Crippen molar-refractivity contribution in [2.24, 2.45) is 5.41 Å². The molecule has 6 heteroatoms. The molecule has 1 unspecified atom stereocenters. The summed E-state index contributed by atoms with van der Waals surface area (Å²) in [6, 6.07) is 1.21. The van der Waals surface area contributed by atoms with E-state index in [1.807, 2.05) is 6.92 Å². The SMILES string of the molecule is CC(N(C)C(=O)Nc1sccc1C(=O)O)C(C)(C)C. The zero-order chi connectivity index (χ0) is 14.8. The van der Waals surface area contributed by atoms with Crippen molar-refractivity contribution in [1.29, 1.82) is 0 Å². The van der Waals surface area contributed by atoms with Gasteiger partial charge in [0.15, 0.2) is 0 Å². The monoisotopic (exact) mass is 284 g/mol. The Morgan fingerprint density at radius 3 is 2.47 bits per heavy atom. The van der Waals surface area contributed by atoms with E-state index in [1.165, 1.54) is 17.4 Å². The van der Waals surface area contributed by atoms with Crippen LogP contribution in [0.15, 0.2) is 11.4 Å². The van der Waals surface area contributed by atoms with E-state index in [0.717, 1.165) is 0 Å². The Kier molecular flexibility index (Phi) is 4.57. The van der Waals surface area contributed by atoms with E-state index in [2.05, 4.69) is 26.1 Å². The number of thiophene rings is 1. The highest BCUT2D eigenvalue weighted by Gasteiger charge is 2.27. The van der Waals surface area contributed by atoms with Gasteiger partial charge < -0.3 is 10.0 Å². The third kappa shape index (κ3) is 3.70. The Bertz CT molecular complexity index is 476. The number of carboxylic acid groups (broad SMARTS) is 1. The van der Waals surface area contributed by atoms with Crippen LogP contribution >= 0.6 is 11.3 Å². The fourth-order valence-electron chi connectivity index (χ4n) is 1.52. The van der Waals surface area contributed by atoms with Crippen LogP contribution in [0.5, 0.6) is 0 Å². The van der Waals surface area contributed by atoms with E-state index in [4.69, 9.17) is 5.11 Å². The lowest BCUT2D eigenvalue weighted by Crippen LogP contribution is -2.44. The molecule has 0 fully saturated rings. The average molecular weight is 284 g/mol. The lowest BCUT2D eigenvalue weighted by atomic mass is 9.87. The van der Waals surface area contributed by atoms with Gasteiger partial charge in [-0.2, -0.15) is 0 Å². The zero-order valence-corrected chi connectivity index (χ0v) is 12.7. The summed E-state index contributed by atoms with van der Waals surface area (Å²) in [5.41, 5.74) is 0.0760. The molecule has 0 aromatic carbocycles. The average Bonchev–Trinajstić information content (AvgIpc) is 2.73. The van der Waals surface area contributed by atoms with Gasteiger partial charge in [-0.1, -0.05) is 20.8 Å².